The Morgan fingerprint density at radius 3 is 2.33 bits per heavy atom. The second-order valence-electron chi connectivity index (χ2n) is 5.04. The highest BCUT2D eigenvalue weighted by Gasteiger charge is 2.27. The molecule has 2 aromatic carbocycles. The van der Waals surface area contributed by atoms with Gasteiger partial charge in [0.15, 0.2) is 0 Å². The zero-order chi connectivity index (χ0) is 17.9. The van der Waals surface area contributed by atoms with Gasteiger partial charge in [-0.2, -0.15) is 0 Å². The molecule has 2 aromatic rings. The number of ether oxygens (including phenoxy) is 1. The molecule has 24 heavy (non-hydrogen) atoms. The summed E-state index contributed by atoms with van der Waals surface area (Å²) in [4.78, 5) is 11.1. The summed E-state index contributed by atoms with van der Waals surface area (Å²) in [5, 5.41) is 9.11. The van der Waals surface area contributed by atoms with Crippen LogP contribution < -0.4 is 9.04 Å². The second-order valence-corrected chi connectivity index (χ2v) is 7.75. The molecule has 0 aliphatic carbocycles. The van der Waals surface area contributed by atoms with Gasteiger partial charge in [-0.05, 0) is 53.2 Å². The minimum atomic E-state index is -4.04. The van der Waals surface area contributed by atoms with Crippen molar-refractivity contribution in [2.24, 2.45) is 0 Å². The molecule has 0 amide bonds. The molecule has 1 N–H and O–H groups in total. The number of halogens is 1. The van der Waals surface area contributed by atoms with E-state index in [2.05, 4.69) is 15.9 Å². The van der Waals surface area contributed by atoms with Gasteiger partial charge in [-0.25, -0.2) is 8.42 Å². The average Bonchev–Trinajstić information content (AvgIpc) is 2.53. The minimum absolute atomic E-state index is 0.0306. The summed E-state index contributed by atoms with van der Waals surface area (Å²) in [5.41, 5.74) is 1.23. The smallest absolute Gasteiger partial charge is 0.324 e. The normalized spacial score (nSPS) is 11.1. The third kappa shape index (κ3) is 3.88. The molecule has 0 saturated heterocycles. The maximum absolute atomic E-state index is 12.9. The SMILES string of the molecule is COc1ccc(S(=O)(=O)N(CC(=O)O)c2ccc(C)cc2)cc1Br. The molecule has 8 heteroatoms. The Morgan fingerprint density at radius 1 is 1.21 bits per heavy atom. The number of carboxylic acids is 1. The molecule has 0 saturated carbocycles. The van der Waals surface area contributed by atoms with Gasteiger partial charge in [0, 0.05) is 0 Å². The highest BCUT2D eigenvalue weighted by atomic mass is 79.9. The lowest BCUT2D eigenvalue weighted by atomic mass is 10.2. The van der Waals surface area contributed by atoms with Crippen LogP contribution in [-0.2, 0) is 14.8 Å². The van der Waals surface area contributed by atoms with Gasteiger partial charge in [0.05, 0.1) is 22.2 Å². The van der Waals surface area contributed by atoms with Crippen LogP contribution in [0.25, 0.3) is 0 Å². The van der Waals surface area contributed by atoms with Crippen molar-refractivity contribution in [1.29, 1.82) is 0 Å². The van der Waals surface area contributed by atoms with E-state index in [4.69, 9.17) is 9.84 Å². The monoisotopic (exact) mass is 413 g/mol. The summed E-state index contributed by atoms with van der Waals surface area (Å²) in [6, 6.07) is 10.9. The first kappa shape index (κ1) is 18.3. The van der Waals surface area contributed by atoms with Crippen LogP contribution in [0, 0.1) is 6.92 Å². The first-order valence-electron chi connectivity index (χ1n) is 6.90. The highest BCUT2D eigenvalue weighted by Crippen LogP contribution is 2.30. The van der Waals surface area contributed by atoms with E-state index in [1.807, 2.05) is 6.92 Å². The van der Waals surface area contributed by atoms with E-state index in [0.29, 0.717) is 10.2 Å². The summed E-state index contributed by atoms with van der Waals surface area (Å²) < 4.78 is 32.2. The number of hydrogen-bond donors (Lipinski definition) is 1. The van der Waals surface area contributed by atoms with Crippen molar-refractivity contribution in [2.75, 3.05) is 18.0 Å². The van der Waals surface area contributed by atoms with E-state index in [1.54, 1.807) is 24.3 Å². The van der Waals surface area contributed by atoms with Gasteiger partial charge in [0.1, 0.15) is 12.3 Å². The lowest BCUT2D eigenvalue weighted by Gasteiger charge is -2.23. The summed E-state index contributed by atoms with van der Waals surface area (Å²) in [6.07, 6.45) is 0. The van der Waals surface area contributed by atoms with Crippen LogP contribution in [0.4, 0.5) is 5.69 Å². The van der Waals surface area contributed by atoms with E-state index in [0.717, 1.165) is 9.87 Å². The Hall–Kier alpha value is -2.06. The van der Waals surface area contributed by atoms with E-state index in [-0.39, 0.29) is 10.6 Å². The van der Waals surface area contributed by atoms with Crippen molar-refractivity contribution < 1.29 is 23.1 Å². The number of aliphatic carboxylic acids is 1. The van der Waals surface area contributed by atoms with Crippen molar-refractivity contribution in [2.45, 2.75) is 11.8 Å². The molecule has 2 rings (SSSR count). The second kappa shape index (κ2) is 7.23. The number of hydrogen-bond acceptors (Lipinski definition) is 4. The zero-order valence-electron chi connectivity index (χ0n) is 13.1. The number of methoxy groups -OCH3 is 1. The van der Waals surface area contributed by atoms with Crippen LogP contribution >= 0.6 is 15.9 Å². The van der Waals surface area contributed by atoms with Crippen molar-refractivity contribution >= 4 is 37.6 Å². The van der Waals surface area contributed by atoms with E-state index in [1.165, 1.54) is 25.3 Å². The standard InChI is InChI=1S/C16H16BrNO5S/c1-11-3-5-12(6-4-11)18(10-16(19)20)24(21,22)13-7-8-15(23-2)14(17)9-13/h3-9H,10H2,1-2H3,(H,19,20). The minimum Gasteiger partial charge on any atom is -0.496 e. The molecule has 6 nitrogen and oxygen atoms in total. The van der Waals surface area contributed by atoms with E-state index >= 15 is 0 Å². The molecule has 0 aliphatic rings. The Labute approximate surface area is 148 Å². The topological polar surface area (TPSA) is 83.9 Å². The van der Waals surface area contributed by atoms with E-state index in [9.17, 15) is 13.2 Å². The van der Waals surface area contributed by atoms with Crippen molar-refractivity contribution in [1.82, 2.24) is 0 Å². The number of anilines is 1. The fourth-order valence-corrected chi connectivity index (χ4v) is 4.22. The summed E-state index contributed by atoms with van der Waals surface area (Å²) in [5.74, 6) is -0.763. The number of carbonyl (C=O) groups is 1. The van der Waals surface area contributed by atoms with Crippen molar-refractivity contribution in [3.8, 4) is 5.75 Å². The van der Waals surface area contributed by atoms with Crippen LogP contribution in [0.2, 0.25) is 0 Å². The van der Waals surface area contributed by atoms with Gasteiger partial charge in [-0.1, -0.05) is 17.7 Å². The summed E-state index contributed by atoms with van der Waals surface area (Å²) in [6.45, 7) is 1.19. The predicted octanol–water partition coefficient (Wildman–Crippen LogP) is 3.05. The maximum Gasteiger partial charge on any atom is 0.324 e. The van der Waals surface area contributed by atoms with Gasteiger partial charge < -0.3 is 9.84 Å². The molecule has 0 unspecified atom stereocenters. The molecule has 0 aliphatic heterocycles. The summed E-state index contributed by atoms with van der Waals surface area (Å²) >= 11 is 3.24. The zero-order valence-corrected chi connectivity index (χ0v) is 15.5. The van der Waals surface area contributed by atoms with Crippen LogP contribution in [0.5, 0.6) is 5.75 Å². The molecule has 0 spiro atoms. The van der Waals surface area contributed by atoms with Crippen LogP contribution in [0.1, 0.15) is 5.56 Å². The Kier molecular flexibility index (Phi) is 5.51. The Bertz CT molecular complexity index is 849. The molecule has 0 fully saturated rings. The molecule has 0 bridgehead atoms. The van der Waals surface area contributed by atoms with Gasteiger partial charge in [-0.3, -0.25) is 9.10 Å². The van der Waals surface area contributed by atoms with Crippen LogP contribution in [0.15, 0.2) is 51.8 Å². The Morgan fingerprint density at radius 2 is 1.83 bits per heavy atom. The lowest BCUT2D eigenvalue weighted by Crippen LogP contribution is -2.35. The lowest BCUT2D eigenvalue weighted by molar-refractivity contribution is -0.135. The highest BCUT2D eigenvalue weighted by molar-refractivity contribution is 9.10. The molecule has 128 valence electrons. The number of carboxylic acid groups (broad SMARTS) is 1. The Balaban J connectivity index is 2.53. The molecular formula is C16H16BrNO5S. The maximum atomic E-state index is 12.9. The quantitative estimate of drug-likeness (QED) is 0.786. The van der Waals surface area contributed by atoms with Gasteiger partial charge in [-0.15, -0.1) is 0 Å². The van der Waals surface area contributed by atoms with Crippen molar-refractivity contribution in [3.63, 3.8) is 0 Å². The molecule has 0 heterocycles. The first-order valence-corrected chi connectivity index (χ1v) is 9.13. The van der Waals surface area contributed by atoms with Crippen LogP contribution in [0.3, 0.4) is 0 Å². The fourth-order valence-electron chi connectivity index (χ4n) is 2.08. The number of sulfonamides is 1. The molecule has 0 aromatic heterocycles. The van der Waals surface area contributed by atoms with Gasteiger partial charge >= 0.3 is 5.97 Å². The number of rotatable bonds is 6. The van der Waals surface area contributed by atoms with Crippen LogP contribution in [-0.4, -0.2) is 33.1 Å². The third-order valence-corrected chi connectivity index (χ3v) is 5.70. The fraction of sp³-hybridized carbons (Fsp3) is 0.188. The molecule has 0 atom stereocenters. The summed E-state index contributed by atoms with van der Waals surface area (Å²) in [7, 11) is -2.57. The number of nitrogens with zero attached hydrogens (tertiary/aromatic N) is 1. The number of aryl methyl sites for hydroxylation is 1. The number of benzene rings is 2. The van der Waals surface area contributed by atoms with Gasteiger partial charge in [0.25, 0.3) is 10.0 Å². The van der Waals surface area contributed by atoms with Crippen molar-refractivity contribution in [3.05, 3.63) is 52.5 Å². The van der Waals surface area contributed by atoms with E-state index < -0.39 is 22.5 Å². The third-order valence-electron chi connectivity index (χ3n) is 3.31. The first-order chi connectivity index (χ1) is 11.3. The molecular weight excluding hydrogens is 398 g/mol. The average molecular weight is 414 g/mol. The van der Waals surface area contributed by atoms with Gasteiger partial charge in [0.2, 0.25) is 0 Å². The largest absolute Gasteiger partial charge is 0.496 e. The molecule has 0 radical (unpaired) electrons. The predicted molar refractivity (Wildman–Crippen MR) is 94.0 cm³/mol.